The largest absolute Gasteiger partial charge is 0.507 e. The van der Waals surface area contributed by atoms with Crippen LogP contribution in [0, 0.1) is 0 Å². The minimum atomic E-state index is -0.804. The maximum atomic E-state index is 13.4. The zero-order valence-corrected chi connectivity index (χ0v) is 21.4. The maximum absolute atomic E-state index is 13.4. The summed E-state index contributed by atoms with van der Waals surface area (Å²) in [5.74, 6) is 0.303. The van der Waals surface area contributed by atoms with Gasteiger partial charge in [0.2, 0.25) is 0 Å². The van der Waals surface area contributed by atoms with Crippen molar-refractivity contribution in [3.05, 3.63) is 125 Å². The van der Waals surface area contributed by atoms with Crippen molar-refractivity contribution in [1.82, 2.24) is 4.90 Å². The molecule has 2 aliphatic heterocycles. The lowest BCUT2D eigenvalue weighted by atomic mass is 9.94. The van der Waals surface area contributed by atoms with Crippen LogP contribution >= 0.6 is 0 Å². The zero-order chi connectivity index (χ0) is 26.9. The van der Waals surface area contributed by atoms with Crippen molar-refractivity contribution >= 4 is 17.4 Å². The maximum Gasteiger partial charge on any atom is 0.296 e. The number of nitrogens with zero attached hydrogens (tertiary/aromatic N) is 1. The van der Waals surface area contributed by atoms with Gasteiger partial charge in [-0.15, -0.1) is 0 Å². The monoisotopic (exact) mass is 521 g/mol. The van der Waals surface area contributed by atoms with E-state index in [-0.39, 0.29) is 24.0 Å². The second-order valence-corrected chi connectivity index (χ2v) is 9.80. The summed E-state index contributed by atoms with van der Waals surface area (Å²) < 4.78 is 17.2. The molecule has 4 aromatic rings. The van der Waals surface area contributed by atoms with Crippen LogP contribution < -0.4 is 9.47 Å². The van der Waals surface area contributed by atoms with E-state index in [1.54, 1.807) is 36.4 Å². The van der Waals surface area contributed by atoms with E-state index in [2.05, 4.69) is 0 Å². The molecule has 3 heterocycles. The van der Waals surface area contributed by atoms with Crippen LogP contribution in [0.5, 0.6) is 11.5 Å². The molecular formula is C32H27NO6. The van der Waals surface area contributed by atoms with Crippen LogP contribution in [-0.2, 0) is 29.2 Å². The van der Waals surface area contributed by atoms with Crippen molar-refractivity contribution in [3.63, 3.8) is 0 Å². The topological polar surface area (TPSA) is 89.2 Å². The standard InChI is InChI=1S/C32H27NO6/c1-20-16-24-17-23(11-14-27(24)39-20)30(34)28-29(33(32(36)31(28)35)18-26-8-5-15-37-26)22-9-12-25(13-10-22)38-19-21-6-3-2-4-7-21/h2-15,17,20,29,34H,16,18-19H2,1H3/b30-28+. The van der Waals surface area contributed by atoms with Gasteiger partial charge in [-0.25, -0.2) is 0 Å². The zero-order valence-electron chi connectivity index (χ0n) is 21.4. The average molecular weight is 522 g/mol. The van der Waals surface area contributed by atoms with Gasteiger partial charge in [0.25, 0.3) is 11.7 Å². The summed E-state index contributed by atoms with van der Waals surface area (Å²) in [5, 5.41) is 11.4. The van der Waals surface area contributed by atoms with Crippen LogP contribution in [0.1, 0.15) is 41.0 Å². The molecule has 6 rings (SSSR count). The van der Waals surface area contributed by atoms with Crippen LogP contribution in [0.25, 0.3) is 5.76 Å². The van der Waals surface area contributed by atoms with Crippen molar-refractivity contribution in [2.24, 2.45) is 0 Å². The number of ether oxygens (including phenoxy) is 2. The first-order valence-corrected chi connectivity index (χ1v) is 12.9. The molecule has 3 aromatic carbocycles. The Hall–Kier alpha value is -4.78. The summed E-state index contributed by atoms with van der Waals surface area (Å²) in [6.07, 6.45) is 2.27. The number of hydrogen-bond donors (Lipinski definition) is 1. The number of ketones is 1. The fourth-order valence-electron chi connectivity index (χ4n) is 5.17. The third-order valence-corrected chi connectivity index (χ3v) is 7.06. The fourth-order valence-corrected chi connectivity index (χ4v) is 5.17. The van der Waals surface area contributed by atoms with Crippen molar-refractivity contribution in [2.75, 3.05) is 0 Å². The molecule has 1 saturated heterocycles. The van der Waals surface area contributed by atoms with Gasteiger partial charge in [-0.1, -0.05) is 42.5 Å². The van der Waals surface area contributed by atoms with Gasteiger partial charge in [0, 0.05) is 12.0 Å². The van der Waals surface area contributed by atoms with E-state index in [0.717, 1.165) is 16.9 Å². The molecule has 39 heavy (non-hydrogen) atoms. The summed E-state index contributed by atoms with van der Waals surface area (Å²) in [6.45, 7) is 2.48. The third-order valence-electron chi connectivity index (χ3n) is 7.06. The third kappa shape index (κ3) is 4.79. The second-order valence-electron chi connectivity index (χ2n) is 9.80. The lowest BCUT2D eigenvalue weighted by Crippen LogP contribution is -2.29. The molecule has 0 spiro atoms. The highest BCUT2D eigenvalue weighted by molar-refractivity contribution is 6.46. The molecule has 2 aliphatic rings. The van der Waals surface area contributed by atoms with Gasteiger partial charge in [0.15, 0.2) is 0 Å². The number of likely N-dealkylation sites (tertiary alicyclic amines) is 1. The first-order valence-electron chi connectivity index (χ1n) is 12.9. The average Bonchev–Trinajstić information content (AvgIpc) is 3.67. The molecule has 1 fully saturated rings. The van der Waals surface area contributed by atoms with Gasteiger partial charge in [0.05, 0.1) is 24.4 Å². The van der Waals surface area contributed by atoms with Gasteiger partial charge in [-0.3, -0.25) is 9.59 Å². The number of carbonyl (C=O) groups is 2. The van der Waals surface area contributed by atoms with Crippen molar-refractivity contribution < 1.29 is 28.6 Å². The number of aliphatic hydroxyl groups excluding tert-OH is 1. The summed E-state index contributed by atoms with van der Waals surface area (Å²) in [6, 6.07) is 25.1. The minimum absolute atomic E-state index is 0.0384. The van der Waals surface area contributed by atoms with Gasteiger partial charge in [-0.05, 0) is 66.1 Å². The van der Waals surface area contributed by atoms with Crippen molar-refractivity contribution in [3.8, 4) is 11.5 Å². The number of benzene rings is 3. The smallest absolute Gasteiger partial charge is 0.296 e. The van der Waals surface area contributed by atoms with E-state index in [9.17, 15) is 14.7 Å². The Kier molecular flexibility index (Phi) is 6.40. The second kappa shape index (κ2) is 10.2. The van der Waals surface area contributed by atoms with Crippen LogP contribution in [0.15, 0.2) is 101 Å². The Morgan fingerprint density at radius 3 is 2.54 bits per heavy atom. The van der Waals surface area contributed by atoms with E-state index in [4.69, 9.17) is 13.9 Å². The SMILES string of the molecule is CC1Cc2cc(/C(O)=C3\C(=O)C(=O)N(Cc4ccco4)C3c3ccc(OCc4ccccc4)cc3)ccc2O1. The normalized spacial score (nSPS) is 19.7. The summed E-state index contributed by atoms with van der Waals surface area (Å²) in [5.41, 5.74) is 3.18. The molecule has 7 nitrogen and oxygen atoms in total. The lowest BCUT2D eigenvalue weighted by Gasteiger charge is -2.24. The predicted octanol–water partition coefficient (Wildman–Crippen LogP) is 5.80. The summed E-state index contributed by atoms with van der Waals surface area (Å²) in [4.78, 5) is 28.1. The molecule has 1 amide bonds. The van der Waals surface area contributed by atoms with E-state index < -0.39 is 17.7 Å². The fraction of sp³-hybridized carbons (Fsp3) is 0.188. The number of aliphatic hydroxyl groups is 1. The molecule has 0 aliphatic carbocycles. The van der Waals surface area contributed by atoms with Gasteiger partial charge >= 0.3 is 0 Å². The Labute approximate surface area is 225 Å². The molecular weight excluding hydrogens is 494 g/mol. The Morgan fingerprint density at radius 1 is 1.00 bits per heavy atom. The molecule has 0 saturated carbocycles. The van der Waals surface area contributed by atoms with Crippen molar-refractivity contribution in [1.29, 1.82) is 0 Å². The molecule has 196 valence electrons. The molecule has 2 unspecified atom stereocenters. The Morgan fingerprint density at radius 2 is 1.79 bits per heavy atom. The molecule has 1 aromatic heterocycles. The minimum Gasteiger partial charge on any atom is -0.507 e. The molecule has 2 atom stereocenters. The van der Waals surface area contributed by atoms with E-state index in [0.29, 0.717) is 35.7 Å². The Bertz CT molecular complexity index is 1540. The summed E-state index contributed by atoms with van der Waals surface area (Å²) in [7, 11) is 0. The summed E-state index contributed by atoms with van der Waals surface area (Å²) >= 11 is 0. The van der Waals surface area contributed by atoms with E-state index in [1.165, 1.54) is 11.2 Å². The molecule has 0 radical (unpaired) electrons. The quantitative estimate of drug-likeness (QED) is 0.188. The number of amides is 1. The van der Waals surface area contributed by atoms with Crippen LogP contribution in [0.3, 0.4) is 0 Å². The van der Waals surface area contributed by atoms with Gasteiger partial charge in [-0.2, -0.15) is 0 Å². The number of furan rings is 1. The molecule has 0 bridgehead atoms. The number of hydrogen-bond acceptors (Lipinski definition) is 6. The lowest BCUT2D eigenvalue weighted by molar-refractivity contribution is -0.140. The van der Waals surface area contributed by atoms with E-state index >= 15 is 0 Å². The highest BCUT2D eigenvalue weighted by Crippen LogP contribution is 2.41. The number of carbonyl (C=O) groups excluding carboxylic acids is 2. The van der Waals surface area contributed by atoms with Gasteiger partial charge in [0.1, 0.15) is 35.7 Å². The van der Waals surface area contributed by atoms with E-state index in [1.807, 2.05) is 55.5 Å². The van der Waals surface area contributed by atoms with Crippen LogP contribution in [0.4, 0.5) is 0 Å². The van der Waals surface area contributed by atoms with Crippen LogP contribution in [0.2, 0.25) is 0 Å². The Balaban J connectivity index is 1.36. The van der Waals surface area contributed by atoms with Gasteiger partial charge < -0.3 is 23.9 Å². The number of fused-ring (bicyclic) bond motifs is 1. The number of rotatable bonds is 7. The van der Waals surface area contributed by atoms with Crippen molar-refractivity contribution in [2.45, 2.75) is 38.6 Å². The highest BCUT2D eigenvalue weighted by Gasteiger charge is 2.46. The highest BCUT2D eigenvalue weighted by atomic mass is 16.5. The first-order chi connectivity index (χ1) is 19.0. The molecule has 1 N–H and O–H groups in total. The predicted molar refractivity (Wildman–Crippen MR) is 144 cm³/mol. The van der Waals surface area contributed by atoms with Crippen LogP contribution in [-0.4, -0.2) is 27.8 Å². The molecule has 7 heteroatoms. The first kappa shape index (κ1) is 24.6. The number of Topliss-reactive ketones (excluding diaryl/α,β-unsaturated/α-hetero) is 1.